The Labute approximate surface area is 94.3 Å². The van der Waals surface area contributed by atoms with Crippen molar-refractivity contribution in [2.75, 3.05) is 6.54 Å². The van der Waals surface area contributed by atoms with E-state index in [0.717, 1.165) is 30.2 Å². The van der Waals surface area contributed by atoms with Gasteiger partial charge in [-0.1, -0.05) is 6.07 Å². The summed E-state index contributed by atoms with van der Waals surface area (Å²) in [6.45, 7) is 0.692. The zero-order valence-electron chi connectivity index (χ0n) is 9.12. The lowest BCUT2D eigenvalue weighted by Gasteiger charge is -2.04. The number of pyridine rings is 1. The normalized spacial score (nSPS) is 10.9. The van der Waals surface area contributed by atoms with Crippen LogP contribution in [0.5, 0.6) is 0 Å². The maximum Gasteiger partial charge on any atom is 0.149 e. The van der Waals surface area contributed by atoms with Crippen LogP contribution in [0.2, 0.25) is 0 Å². The lowest BCUT2D eigenvalue weighted by atomic mass is 10.1. The van der Waals surface area contributed by atoms with Crippen LogP contribution in [0.1, 0.15) is 18.4 Å². The topological polar surface area (TPSA) is 38.9 Å². The van der Waals surface area contributed by atoms with Crippen LogP contribution in [0.15, 0.2) is 30.5 Å². The van der Waals surface area contributed by atoms with Crippen molar-refractivity contribution in [3.8, 4) is 0 Å². The highest BCUT2D eigenvalue weighted by atomic mass is 19.1. The van der Waals surface area contributed by atoms with Crippen LogP contribution in [0.3, 0.4) is 0 Å². The fourth-order valence-electron chi connectivity index (χ4n) is 1.82. The second kappa shape index (κ2) is 5.03. The van der Waals surface area contributed by atoms with E-state index in [2.05, 4.69) is 4.98 Å². The molecule has 3 heteroatoms. The number of aromatic nitrogens is 1. The molecule has 0 fully saturated rings. The molecule has 0 amide bonds. The molecule has 0 aliphatic heterocycles. The van der Waals surface area contributed by atoms with E-state index < -0.39 is 0 Å². The average molecular weight is 218 g/mol. The second-order valence-electron chi connectivity index (χ2n) is 3.90. The molecule has 0 saturated carbocycles. The summed E-state index contributed by atoms with van der Waals surface area (Å²) in [6, 6.07) is 7.29. The van der Waals surface area contributed by atoms with E-state index in [4.69, 9.17) is 5.73 Å². The SMILES string of the molecule is NCCCCc1cc(F)c2ncccc2c1. The number of rotatable bonds is 4. The highest BCUT2D eigenvalue weighted by Crippen LogP contribution is 2.18. The monoisotopic (exact) mass is 218 g/mol. The van der Waals surface area contributed by atoms with E-state index >= 15 is 0 Å². The summed E-state index contributed by atoms with van der Waals surface area (Å²) in [5.41, 5.74) is 6.90. The first-order valence-corrected chi connectivity index (χ1v) is 5.54. The Balaban J connectivity index is 2.27. The lowest BCUT2D eigenvalue weighted by Crippen LogP contribution is -1.99. The largest absolute Gasteiger partial charge is 0.330 e. The zero-order valence-corrected chi connectivity index (χ0v) is 9.12. The van der Waals surface area contributed by atoms with E-state index in [9.17, 15) is 4.39 Å². The highest BCUT2D eigenvalue weighted by molar-refractivity contribution is 5.79. The molecule has 0 atom stereocenters. The van der Waals surface area contributed by atoms with E-state index in [-0.39, 0.29) is 5.82 Å². The summed E-state index contributed by atoms with van der Waals surface area (Å²) in [4.78, 5) is 4.02. The molecule has 0 aliphatic carbocycles. The van der Waals surface area contributed by atoms with Gasteiger partial charge in [-0.2, -0.15) is 0 Å². The maximum absolute atomic E-state index is 13.7. The summed E-state index contributed by atoms with van der Waals surface area (Å²) < 4.78 is 13.7. The van der Waals surface area contributed by atoms with Gasteiger partial charge < -0.3 is 5.73 Å². The molecule has 2 aromatic rings. The summed E-state index contributed by atoms with van der Waals surface area (Å²) in [5.74, 6) is -0.235. The number of nitrogens with two attached hydrogens (primary N) is 1. The summed E-state index contributed by atoms with van der Waals surface area (Å²) in [6.07, 6.45) is 4.47. The lowest BCUT2D eigenvalue weighted by molar-refractivity contribution is 0.633. The van der Waals surface area contributed by atoms with Gasteiger partial charge in [-0.3, -0.25) is 4.98 Å². The summed E-state index contributed by atoms with van der Waals surface area (Å²) in [5, 5.41) is 0.866. The van der Waals surface area contributed by atoms with Gasteiger partial charge in [-0.15, -0.1) is 0 Å². The van der Waals surface area contributed by atoms with Gasteiger partial charge >= 0.3 is 0 Å². The number of hydrogen-bond donors (Lipinski definition) is 1. The predicted molar refractivity (Wildman–Crippen MR) is 63.7 cm³/mol. The van der Waals surface area contributed by atoms with Crippen molar-refractivity contribution < 1.29 is 4.39 Å². The van der Waals surface area contributed by atoms with E-state index in [0.29, 0.717) is 12.1 Å². The molecule has 0 unspecified atom stereocenters. The number of aryl methyl sites for hydroxylation is 1. The molecule has 1 heterocycles. The molecule has 0 saturated heterocycles. The van der Waals surface area contributed by atoms with E-state index in [1.165, 1.54) is 0 Å². The second-order valence-corrected chi connectivity index (χ2v) is 3.90. The van der Waals surface area contributed by atoms with Gasteiger partial charge in [0, 0.05) is 11.6 Å². The standard InChI is InChI=1S/C13H15FN2/c14-12-9-10(4-1-2-6-15)8-11-5-3-7-16-13(11)12/h3,5,7-9H,1-2,4,6,15H2. The van der Waals surface area contributed by atoms with Gasteiger partial charge in [0.05, 0.1) is 0 Å². The van der Waals surface area contributed by atoms with Gasteiger partial charge in [-0.25, -0.2) is 4.39 Å². The van der Waals surface area contributed by atoms with Crippen molar-refractivity contribution in [2.24, 2.45) is 5.73 Å². The third-order valence-corrected chi connectivity index (χ3v) is 2.64. The Morgan fingerprint density at radius 3 is 2.94 bits per heavy atom. The van der Waals surface area contributed by atoms with Crippen molar-refractivity contribution in [3.05, 3.63) is 41.8 Å². The molecular weight excluding hydrogens is 203 g/mol. The Morgan fingerprint density at radius 1 is 1.25 bits per heavy atom. The van der Waals surface area contributed by atoms with Crippen LogP contribution in [-0.4, -0.2) is 11.5 Å². The molecule has 1 aromatic heterocycles. The number of unbranched alkanes of at least 4 members (excludes halogenated alkanes) is 1. The van der Waals surface area contributed by atoms with E-state index in [1.54, 1.807) is 12.3 Å². The molecule has 2 N–H and O–H groups in total. The molecule has 16 heavy (non-hydrogen) atoms. The average Bonchev–Trinajstić information content (AvgIpc) is 2.30. The number of fused-ring (bicyclic) bond motifs is 1. The van der Waals surface area contributed by atoms with Gasteiger partial charge in [0.25, 0.3) is 0 Å². The molecule has 0 bridgehead atoms. The predicted octanol–water partition coefficient (Wildman–Crippen LogP) is 2.66. The van der Waals surface area contributed by atoms with Crippen LogP contribution >= 0.6 is 0 Å². The van der Waals surface area contributed by atoms with Gasteiger partial charge in [-0.05, 0) is 49.6 Å². The van der Waals surface area contributed by atoms with Crippen LogP contribution in [0.4, 0.5) is 4.39 Å². The molecule has 2 nitrogen and oxygen atoms in total. The molecular formula is C13H15FN2. The molecule has 0 radical (unpaired) electrons. The zero-order chi connectivity index (χ0) is 11.4. The third-order valence-electron chi connectivity index (χ3n) is 2.64. The fourth-order valence-corrected chi connectivity index (χ4v) is 1.82. The van der Waals surface area contributed by atoms with E-state index in [1.807, 2.05) is 18.2 Å². The summed E-state index contributed by atoms with van der Waals surface area (Å²) >= 11 is 0. The number of benzene rings is 1. The number of halogens is 1. The minimum atomic E-state index is -0.235. The van der Waals surface area contributed by atoms with Crippen LogP contribution in [0, 0.1) is 5.82 Å². The minimum Gasteiger partial charge on any atom is -0.330 e. The number of nitrogens with zero attached hydrogens (tertiary/aromatic N) is 1. The Morgan fingerprint density at radius 2 is 2.12 bits per heavy atom. The van der Waals surface area contributed by atoms with Crippen molar-refractivity contribution in [1.29, 1.82) is 0 Å². The quantitative estimate of drug-likeness (QED) is 0.801. The van der Waals surface area contributed by atoms with Crippen LogP contribution < -0.4 is 5.73 Å². The number of hydrogen-bond acceptors (Lipinski definition) is 2. The fraction of sp³-hybridized carbons (Fsp3) is 0.308. The first-order chi connectivity index (χ1) is 7.81. The molecule has 1 aromatic carbocycles. The summed E-state index contributed by atoms with van der Waals surface area (Å²) in [7, 11) is 0. The van der Waals surface area contributed by atoms with Crippen molar-refractivity contribution in [2.45, 2.75) is 19.3 Å². The highest BCUT2D eigenvalue weighted by Gasteiger charge is 2.04. The first-order valence-electron chi connectivity index (χ1n) is 5.54. The smallest absolute Gasteiger partial charge is 0.149 e. The van der Waals surface area contributed by atoms with Crippen molar-refractivity contribution >= 4 is 10.9 Å². The van der Waals surface area contributed by atoms with Crippen LogP contribution in [-0.2, 0) is 6.42 Å². The molecule has 0 aliphatic rings. The molecule has 84 valence electrons. The Hall–Kier alpha value is -1.48. The van der Waals surface area contributed by atoms with Crippen molar-refractivity contribution in [3.63, 3.8) is 0 Å². The minimum absolute atomic E-state index is 0.235. The Bertz CT molecular complexity index is 482. The molecule has 2 rings (SSSR count). The third kappa shape index (κ3) is 2.36. The van der Waals surface area contributed by atoms with Crippen molar-refractivity contribution in [1.82, 2.24) is 4.98 Å². The van der Waals surface area contributed by atoms with Gasteiger partial charge in [0.1, 0.15) is 11.3 Å². The first kappa shape index (κ1) is 11.0. The Kier molecular flexibility index (Phi) is 3.47. The van der Waals surface area contributed by atoms with Gasteiger partial charge in [0.2, 0.25) is 0 Å². The molecule has 0 spiro atoms. The van der Waals surface area contributed by atoms with Gasteiger partial charge in [0.15, 0.2) is 0 Å². The maximum atomic E-state index is 13.7. The van der Waals surface area contributed by atoms with Crippen LogP contribution in [0.25, 0.3) is 10.9 Å².